The molecule has 0 radical (unpaired) electrons. The third kappa shape index (κ3) is 3.21. The summed E-state index contributed by atoms with van der Waals surface area (Å²) in [7, 11) is 0. The van der Waals surface area contributed by atoms with Gasteiger partial charge in [-0.15, -0.1) is 5.10 Å². The lowest BCUT2D eigenvalue weighted by atomic mass is 10.0. The highest BCUT2D eigenvalue weighted by atomic mass is 16.3. The van der Waals surface area contributed by atoms with Gasteiger partial charge in [0, 0.05) is 0 Å². The van der Waals surface area contributed by atoms with Crippen LogP contribution in [-0.4, -0.2) is 14.9 Å². The van der Waals surface area contributed by atoms with E-state index in [1.54, 1.807) is 0 Å². The highest BCUT2D eigenvalue weighted by molar-refractivity contribution is 5.72. The molecule has 0 saturated heterocycles. The molecule has 0 amide bonds. The third-order valence-corrected chi connectivity index (χ3v) is 4.32. The Bertz CT molecular complexity index is 832. The van der Waals surface area contributed by atoms with Gasteiger partial charge in [0.05, 0.1) is 16.9 Å². The second-order valence-electron chi connectivity index (χ2n) is 6.37. The van der Waals surface area contributed by atoms with Gasteiger partial charge in [-0.05, 0) is 49.9 Å². The van der Waals surface area contributed by atoms with E-state index in [1.807, 2.05) is 16.8 Å². The molecule has 0 aliphatic carbocycles. The van der Waals surface area contributed by atoms with Crippen molar-refractivity contribution >= 4 is 0 Å². The van der Waals surface area contributed by atoms with E-state index in [-0.39, 0.29) is 5.88 Å². The Balaban J connectivity index is 2.16. The maximum Gasteiger partial charge on any atom is 0.239 e. The van der Waals surface area contributed by atoms with Crippen LogP contribution in [0.3, 0.4) is 0 Å². The van der Waals surface area contributed by atoms with Crippen molar-refractivity contribution in [2.24, 2.45) is 0 Å². The van der Waals surface area contributed by atoms with Crippen LogP contribution in [0.15, 0.2) is 48.5 Å². The molecule has 0 spiro atoms. The van der Waals surface area contributed by atoms with Gasteiger partial charge in [-0.25, -0.2) is 4.68 Å². The second-order valence-corrected chi connectivity index (χ2v) is 6.37. The highest BCUT2D eigenvalue weighted by Gasteiger charge is 2.19. The summed E-state index contributed by atoms with van der Waals surface area (Å²) in [6.07, 6.45) is 3.06. The van der Waals surface area contributed by atoms with Crippen molar-refractivity contribution in [3.63, 3.8) is 0 Å². The largest absolute Gasteiger partial charge is 0.492 e. The van der Waals surface area contributed by atoms with Crippen molar-refractivity contribution in [2.45, 2.75) is 40.0 Å². The van der Waals surface area contributed by atoms with E-state index in [4.69, 9.17) is 0 Å². The van der Waals surface area contributed by atoms with Gasteiger partial charge in [-0.1, -0.05) is 55.3 Å². The summed E-state index contributed by atoms with van der Waals surface area (Å²) < 4.78 is 1.90. The number of aryl methyl sites for hydroxylation is 2. The van der Waals surface area contributed by atoms with Crippen LogP contribution in [0, 0.1) is 13.8 Å². The fourth-order valence-electron chi connectivity index (χ4n) is 3.00. The van der Waals surface area contributed by atoms with E-state index < -0.39 is 0 Å². The molecule has 0 aliphatic heterocycles. The minimum absolute atomic E-state index is 0.103. The van der Waals surface area contributed by atoms with Gasteiger partial charge in [-0.2, -0.15) is 0 Å². The fraction of sp³-hybridized carbons (Fsp3) is 0.286. The predicted octanol–water partition coefficient (Wildman–Crippen LogP) is 5.20. The van der Waals surface area contributed by atoms with E-state index in [0.717, 1.165) is 41.8 Å². The minimum Gasteiger partial charge on any atom is -0.492 e. The minimum atomic E-state index is 0.103. The number of hydrogen-bond acceptors (Lipinski definition) is 2. The number of benzene rings is 2. The van der Waals surface area contributed by atoms with Crippen LogP contribution in [0.2, 0.25) is 0 Å². The van der Waals surface area contributed by atoms with E-state index in [9.17, 15) is 5.11 Å². The zero-order valence-electron chi connectivity index (χ0n) is 14.6. The average Bonchev–Trinajstić information content (AvgIpc) is 2.90. The molecule has 3 heteroatoms. The first-order valence-corrected chi connectivity index (χ1v) is 8.55. The quantitative estimate of drug-likeness (QED) is 0.701. The molecule has 1 aromatic heterocycles. The van der Waals surface area contributed by atoms with Gasteiger partial charge < -0.3 is 5.11 Å². The van der Waals surface area contributed by atoms with Crippen LogP contribution in [0.25, 0.3) is 16.8 Å². The van der Waals surface area contributed by atoms with Crippen LogP contribution in [-0.2, 0) is 6.42 Å². The van der Waals surface area contributed by atoms with Gasteiger partial charge in [0.15, 0.2) is 0 Å². The maximum absolute atomic E-state index is 10.5. The lowest BCUT2D eigenvalue weighted by molar-refractivity contribution is 0.449. The molecule has 24 heavy (non-hydrogen) atoms. The van der Waals surface area contributed by atoms with Gasteiger partial charge >= 0.3 is 0 Å². The van der Waals surface area contributed by atoms with E-state index in [2.05, 4.69) is 62.3 Å². The summed E-state index contributed by atoms with van der Waals surface area (Å²) in [4.78, 5) is 0. The number of hydrogen-bond donors (Lipinski definition) is 1. The lowest BCUT2D eigenvalue weighted by Crippen LogP contribution is -2.03. The second kappa shape index (κ2) is 6.91. The predicted molar refractivity (Wildman–Crippen MR) is 98.8 cm³/mol. The third-order valence-electron chi connectivity index (χ3n) is 4.32. The molecular formula is C21H24N2O. The number of rotatable bonds is 5. The van der Waals surface area contributed by atoms with Gasteiger partial charge in [-0.3, -0.25) is 0 Å². The summed E-state index contributed by atoms with van der Waals surface area (Å²) in [6.45, 7) is 6.32. The van der Waals surface area contributed by atoms with Crippen LogP contribution >= 0.6 is 0 Å². The van der Waals surface area contributed by atoms with Crippen LogP contribution in [0.5, 0.6) is 5.88 Å². The van der Waals surface area contributed by atoms with Crippen molar-refractivity contribution in [3.05, 3.63) is 65.4 Å². The Labute approximate surface area is 143 Å². The SMILES string of the molecule is CCCCc1c(-c2ccc(C)cc2)c(O)nn1-c1cccc(C)c1. The first kappa shape index (κ1) is 16.3. The Morgan fingerprint density at radius 2 is 1.75 bits per heavy atom. The van der Waals surface area contributed by atoms with E-state index in [0.29, 0.717) is 0 Å². The molecule has 124 valence electrons. The highest BCUT2D eigenvalue weighted by Crippen LogP contribution is 2.35. The average molecular weight is 320 g/mol. The fourth-order valence-corrected chi connectivity index (χ4v) is 3.00. The van der Waals surface area contributed by atoms with Gasteiger partial charge in [0.2, 0.25) is 5.88 Å². The van der Waals surface area contributed by atoms with Crippen molar-refractivity contribution in [1.82, 2.24) is 9.78 Å². The monoisotopic (exact) mass is 320 g/mol. The molecule has 2 aromatic carbocycles. The first-order chi connectivity index (χ1) is 11.6. The Kier molecular flexibility index (Phi) is 4.70. The molecule has 1 heterocycles. The molecule has 0 fully saturated rings. The number of aromatic hydroxyl groups is 1. The topological polar surface area (TPSA) is 38.1 Å². The lowest BCUT2D eigenvalue weighted by Gasteiger charge is -2.10. The molecule has 0 bridgehead atoms. The summed E-state index contributed by atoms with van der Waals surface area (Å²) >= 11 is 0. The Morgan fingerprint density at radius 3 is 2.42 bits per heavy atom. The van der Waals surface area contributed by atoms with Crippen molar-refractivity contribution in [2.75, 3.05) is 0 Å². The molecular weight excluding hydrogens is 296 g/mol. The van der Waals surface area contributed by atoms with E-state index in [1.165, 1.54) is 11.1 Å². The molecule has 0 saturated carbocycles. The molecule has 0 unspecified atom stereocenters. The Hall–Kier alpha value is -2.55. The molecule has 1 N–H and O–H groups in total. The molecule has 0 aliphatic rings. The molecule has 3 aromatic rings. The number of aromatic nitrogens is 2. The number of unbranched alkanes of at least 4 members (excludes halogenated alkanes) is 1. The van der Waals surface area contributed by atoms with Crippen LogP contribution in [0.4, 0.5) is 0 Å². The summed E-state index contributed by atoms with van der Waals surface area (Å²) in [6, 6.07) is 16.5. The van der Waals surface area contributed by atoms with Crippen molar-refractivity contribution < 1.29 is 5.11 Å². The number of nitrogens with zero attached hydrogens (tertiary/aromatic N) is 2. The Morgan fingerprint density at radius 1 is 1.00 bits per heavy atom. The summed E-state index contributed by atoms with van der Waals surface area (Å²) in [5.74, 6) is 0.103. The zero-order valence-corrected chi connectivity index (χ0v) is 14.6. The summed E-state index contributed by atoms with van der Waals surface area (Å²) in [5, 5.41) is 15.0. The molecule has 3 rings (SSSR count). The molecule has 0 atom stereocenters. The smallest absolute Gasteiger partial charge is 0.239 e. The maximum atomic E-state index is 10.5. The van der Waals surface area contributed by atoms with E-state index >= 15 is 0 Å². The van der Waals surface area contributed by atoms with Gasteiger partial charge in [0.25, 0.3) is 0 Å². The standard InChI is InChI=1S/C21H24N2O/c1-4-5-9-19-20(17-12-10-15(2)11-13-17)21(24)22-23(19)18-8-6-7-16(3)14-18/h6-8,10-14H,4-5,9H2,1-3H3,(H,22,24). The normalized spacial score (nSPS) is 11.0. The summed E-state index contributed by atoms with van der Waals surface area (Å²) in [5.41, 5.74) is 6.33. The first-order valence-electron chi connectivity index (χ1n) is 8.55. The van der Waals surface area contributed by atoms with Crippen molar-refractivity contribution in [1.29, 1.82) is 0 Å². The zero-order chi connectivity index (χ0) is 17.1. The van der Waals surface area contributed by atoms with Crippen LogP contribution < -0.4 is 0 Å². The van der Waals surface area contributed by atoms with Gasteiger partial charge in [0.1, 0.15) is 0 Å². The van der Waals surface area contributed by atoms with Crippen molar-refractivity contribution in [3.8, 4) is 22.7 Å². The van der Waals surface area contributed by atoms with Crippen LogP contribution in [0.1, 0.15) is 36.6 Å². The molecule has 3 nitrogen and oxygen atoms in total.